The Balaban J connectivity index is 1.85. The van der Waals surface area contributed by atoms with Crippen LogP contribution in [0.5, 0.6) is 5.75 Å². The number of rotatable bonds is 3. The molecule has 2 aromatic heterocycles. The summed E-state index contributed by atoms with van der Waals surface area (Å²) in [5.74, 6) is 1.64. The monoisotopic (exact) mass is 240 g/mol. The first-order valence-corrected chi connectivity index (χ1v) is 5.63. The first-order chi connectivity index (χ1) is 8.85. The third-order valence-electron chi connectivity index (χ3n) is 2.76. The summed E-state index contributed by atoms with van der Waals surface area (Å²) in [6.45, 7) is 0. The molecule has 0 atom stereocenters. The Morgan fingerprint density at radius 2 is 2.00 bits per heavy atom. The number of aromatic nitrogens is 4. The van der Waals surface area contributed by atoms with E-state index >= 15 is 0 Å². The molecule has 0 fully saturated rings. The van der Waals surface area contributed by atoms with E-state index in [4.69, 9.17) is 4.74 Å². The van der Waals surface area contributed by atoms with E-state index in [0.717, 1.165) is 28.2 Å². The van der Waals surface area contributed by atoms with Crippen molar-refractivity contribution in [2.45, 2.75) is 6.42 Å². The van der Waals surface area contributed by atoms with Gasteiger partial charge in [-0.1, -0.05) is 12.1 Å². The molecule has 3 rings (SSSR count). The van der Waals surface area contributed by atoms with Crippen LogP contribution >= 0.6 is 0 Å². The number of aromatic amines is 1. The summed E-state index contributed by atoms with van der Waals surface area (Å²) < 4.78 is 5.12. The van der Waals surface area contributed by atoms with Gasteiger partial charge in [-0.25, -0.2) is 9.97 Å². The number of methoxy groups -OCH3 is 1. The summed E-state index contributed by atoms with van der Waals surface area (Å²) in [5.41, 5.74) is 2.85. The standard InChI is InChI=1S/C13H12N4O/c1-18-10-4-2-9(3-5-10)6-13-14-7-12-11(16-13)8-15-17-12/h2-5,7-8H,6H2,1H3,(H,15,17). The van der Waals surface area contributed by atoms with Crippen molar-refractivity contribution in [3.8, 4) is 5.75 Å². The van der Waals surface area contributed by atoms with E-state index in [1.165, 1.54) is 0 Å². The van der Waals surface area contributed by atoms with Crippen molar-refractivity contribution in [1.29, 1.82) is 0 Å². The first-order valence-electron chi connectivity index (χ1n) is 5.63. The Labute approximate surface area is 104 Å². The molecule has 0 aliphatic rings. The van der Waals surface area contributed by atoms with Crippen molar-refractivity contribution in [3.63, 3.8) is 0 Å². The molecule has 0 bridgehead atoms. The molecule has 1 aromatic carbocycles. The summed E-state index contributed by atoms with van der Waals surface area (Å²) in [4.78, 5) is 8.74. The zero-order valence-electron chi connectivity index (χ0n) is 9.92. The maximum absolute atomic E-state index is 5.12. The lowest BCUT2D eigenvalue weighted by atomic mass is 10.1. The molecular formula is C13H12N4O. The molecule has 0 aliphatic carbocycles. The largest absolute Gasteiger partial charge is 0.497 e. The van der Waals surface area contributed by atoms with Crippen LogP contribution in [-0.2, 0) is 6.42 Å². The molecule has 3 aromatic rings. The number of nitrogens with one attached hydrogen (secondary N) is 1. The fourth-order valence-corrected chi connectivity index (χ4v) is 1.79. The predicted octanol–water partition coefficient (Wildman–Crippen LogP) is 1.95. The van der Waals surface area contributed by atoms with Gasteiger partial charge >= 0.3 is 0 Å². The van der Waals surface area contributed by atoms with Crippen molar-refractivity contribution >= 4 is 11.0 Å². The zero-order valence-corrected chi connectivity index (χ0v) is 9.92. The third-order valence-corrected chi connectivity index (χ3v) is 2.76. The van der Waals surface area contributed by atoms with Gasteiger partial charge < -0.3 is 4.74 Å². The number of hydrogen-bond donors (Lipinski definition) is 1. The second kappa shape index (κ2) is 4.44. The van der Waals surface area contributed by atoms with Crippen molar-refractivity contribution in [1.82, 2.24) is 20.2 Å². The highest BCUT2D eigenvalue weighted by Gasteiger charge is 2.03. The molecular weight excluding hydrogens is 228 g/mol. The van der Waals surface area contributed by atoms with Gasteiger partial charge in [0.05, 0.1) is 19.5 Å². The molecule has 1 N–H and O–H groups in total. The highest BCUT2D eigenvalue weighted by Crippen LogP contribution is 2.14. The highest BCUT2D eigenvalue weighted by atomic mass is 16.5. The second-order valence-corrected chi connectivity index (χ2v) is 3.98. The van der Waals surface area contributed by atoms with Gasteiger partial charge in [0, 0.05) is 6.42 Å². The average molecular weight is 240 g/mol. The molecule has 0 spiro atoms. The van der Waals surface area contributed by atoms with Crippen molar-refractivity contribution < 1.29 is 4.74 Å². The van der Waals surface area contributed by atoms with Gasteiger partial charge in [0.25, 0.3) is 0 Å². The number of hydrogen-bond acceptors (Lipinski definition) is 4. The zero-order chi connectivity index (χ0) is 12.4. The number of H-pyrrole nitrogens is 1. The summed E-state index contributed by atoms with van der Waals surface area (Å²) >= 11 is 0. The number of benzene rings is 1. The lowest BCUT2D eigenvalue weighted by Crippen LogP contribution is -1.96. The van der Waals surface area contributed by atoms with Crippen LogP contribution in [0.25, 0.3) is 11.0 Å². The van der Waals surface area contributed by atoms with Gasteiger partial charge in [-0.3, -0.25) is 5.10 Å². The number of nitrogens with zero attached hydrogens (tertiary/aromatic N) is 3. The Morgan fingerprint density at radius 3 is 2.78 bits per heavy atom. The quantitative estimate of drug-likeness (QED) is 0.760. The summed E-state index contributed by atoms with van der Waals surface area (Å²) in [6, 6.07) is 7.90. The first kappa shape index (κ1) is 10.7. The van der Waals surface area contributed by atoms with Crippen LogP contribution in [0.3, 0.4) is 0 Å². The Kier molecular flexibility index (Phi) is 2.64. The molecule has 0 aliphatic heterocycles. The van der Waals surface area contributed by atoms with Gasteiger partial charge in [0.2, 0.25) is 0 Å². The molecule has 0 unspecified atom stereocenters. The van der Waals surface area contributed by atoms with Gasteiger partial charge in [-0.2, -0.15) is 5.10 Å². The predicted molar refractivity (Wildman–Crippen MR) is 67.5 cm³/mol. The molecule has 5 nitrogen and oxygen atoms in total. The molecule has 2 heterocycles. The molecule has 5 heteroatoms. The molecule has 0 saturated heterocycles. The fourth-order valence-electron chi connectivity index (χ4n) is 1.79. The van der Waals surface area contributed by atoms with Crippen LogP contribution in [0.1, 0.15) is 11.4 Å². The highest BCUT2D eigenvalue weighted by molar-refractivity contribution is 5.71. The van der Waals surface area contributed by atoms with Gasteiger partial charge in [0.15, 0.2) is 0 Å². The van der Waals surface area contributed by atoms with Crippen LogP contribution in [-0.4, -0.2) is 27.3 Å². The van der Waals surface area contributed by atoms with Gasteiger partial charge in [0.1, 0.15) is 22.6 Å². The normalized spacial score (nSPS) is 10.7. The Morgan fingerprint density at radius 1 is 1.17 bits per heavy atom. The molecule has 0 radical (unpaired) electrons. The van der Waals surface area contributed by atoms with Crippen LogP contribution in [0.15, 0.2) is 36.7 Å². The van der Waals surface area contributed by atoms with E-state index in [-0.39, 0.29) is 0 Å². The topological polar surface area (TPSA) is 63.7 Å². The van der Waals surface area contributed by atoms with Crippen molar-refractivity contribution in [2.75, 3.05) is 7.11 Å². The summed E-state index contributed by atoms with van der Waals surface area (Å²) in [6.07, 6.45) is 4.16. The maximum Gasteiger partial charge on any atom is 0.133 e. The molecule has 18 heavy (non-hydrogen) atoms. The minimum Gasteiger partial charge on any atom is -0.497 e. The smallest absolute Gasteiger partial charge is 0.133 e. The number of fused-ring (bicyclic) bond motifs is 1. The van der Waals surface area contributed by atoms with Crippen molar-refractivity contribution in [2.24, 2.45) is 0 Å². The Hall–Kier alpha value is -2.43. The molecule has 0 saturated carbocycles. The summed E-state index contributed by atoms with van der Waals surface area (Å²) in [5, 5.41) is 6.76. The van der Waals surface area contributed by atoms with E-state index < -0.39 is 0 Å². The Bertz CT molecular complexity index is 660. The maximum atomic E-state index is 5.12. The van der Waals surface area contributed by atoms with E-state index in [9.17, 15) is 0 Å². The van der Waals surface area contributed by atoms with Crippen LogP contribution < -0.4 is 4.74 Å². The van der Waals surface area contributed by atoms with E-state index in [1.807, 2.05) is 24.3 Å². The van der Waals surface area contributed by atoms with Crippen LogP contribution in [0.2, 0.25) is 0 Å². The lowest BCUT2D eigenvalue weighted by Gasteiger charge is -2.02. The van der Waals surface area contributed by atoms with Crippen LogP contribution in [0, 0.1) is 0 Å². The number of ether oxygens (including phenoxy) is 1. The third kappa shape index (κ3) is 2.02. The van der Waals surface area contributed by atoms with Crippen molar-refractivity contribution in [3.05, 3.63) is 48.0 Å². The average Bonchev–Trinajstić information content (AvgIpc) is 2.87. The fraction of sp³-hybridized carbons (Fsp3) is 0.154. The van der Waals surface area contributed by atoms with Crippen LogP contribution in [0.4, 0.5) is 0 Å². The SMILES string of the molecule is COc1ccc(Cc2ncc3[nH]ncc3n2)cc1. The minimum atomic E-state index is 0.700. The molecule has 90 valence electrons. The van der Waals surface area contributed by atoms with E-state index in [0.29, 0.717) is 6.42 Å². The minimum absolute atomic E-state index is 0.700. The lowest BCUT2D eigenvalue weighted by molar-refractivity contribution is 0.414. The molecule has 0 amide bonds. The van der Waals surface area contributed by atoms with Gasteiger partial charge in [-0.15, -0.1) is 0 Å². The second-order valence-electron chi connectivity index (χ2n) is 3.98. The summed E-state index contributed by atoms with van der Waals surface area (Å²) in [7, 11) is 1.66. The van der Waals surface area contributed by atoms with E-state index in [2.05, 4.69) is 20.2 Å². The van der Waals surface area contributed by atoms with Gasteiger partial charge in [-0.05, 0) is 17.7 Å². The van der Waals surface area contributed by atoms with E-state index in [1.54, 1.807) is 19.5 Å².